The summed E-state index contributed by atoms with van der Waals surface area (Å²) < 4.78 is 0. The van der Waals surface area contributed by atoms with Crippen molar-refractivity contribution in [3.8, 4) is 0 Å². The van der Waals surface area contributed by atoms with Gasteiger partial charge in [0.2, 0.25) is 0 Å². The number of hydrogen-bond donors (Lipinski definition) is 2. The van der Waals surface area contributed by atoms with Gasteiger partial charge in [-0.1, -0.05) is 6.07 Å². The van der Waals surface area contributed by atoms with Crippen molar-refractivity contribution in [2.75, 3.05) is 5.48 Å². The van der Waals surface area contributed by atoms with Gasteiger partial charge in [-0.3, -0.25) is 10.3 Å². The van der Waals surface area contributed by atoms with E-state index in [9.17, 15) is 4.79 Å². The third-order valence-corrected chi connectivity index (χ3v) is 1.58. The van der Waals surface area contributed by atoms with Crippen LogP contribution < -0.4 is 5.48 Å². The SMILES string of the molecule is CC(C)(C)ONc1cccc(C(=O)O)c1. The first kappa shape index (κ1) is 11.5. The summed E-state index contributed by atoms with van der Waals surface area (Å²) >= 11 is 0. The van der Waals surface area contributed by atoms with Crippen molar-refractivity contribution in [1.29, 1.82) is 0 Å². The molecule has 1 aromatic carbocycles. The standard InChI is InChI=1S/C11H15NO3/c1-11(2,3)15-12-9-6-4-5-8(7-9)10(13)14/h4-7,12H,1-3H3,(H,13,14). The quantitative estimate of drug-likeness (QED) is 0.751. The highest BCUT2D eigenvalue weighted by Gasteiger charge is 2.11. The van der Waals surface area contributed by atoms with Crippen LogP contribution in [0.1, 0.15) is 31.1 Å². The normalized spacial score (nSPS) is 11.1. The van der Waals surface area contributed by atoms with Crippen LogP contribution in [0.2, 0.25) is 0 Å². The van der Waals surface area contributed by atoms with E-state index >= 15 is 0 Å². The lowest BCUT2D eigenvalue weighted by Crippen LogP contribution is -2.22. The Bertz CT molecular complexity index is 355. The molecule has 4 nitrogen and oxygen atoms in total. The number of nitrogens with one attached hydrogen (secondary N) is 1. The summed E-state index contributed by atoms with van der Waals surface area (Å²) in [5, 5.41) is 8.77. The molecular formula is C11H15NO3. The maximum Gasteiger partial charge on any atom is 0.335 e. The molecule has 1 aromatic rings. The Hall–Kier alpha value is -1.55. The van der Waals surface area contributed by atoms with Gasteiger partial charge in [0, 0.05) is 0 Å². The van der Waals surface area contributed by atoms with E-state index in [0.29, 0.717) is 5.69 Å². The molecule has 0 aromatic heterocycles. The lowest BCUT2D eigenvalue weighted by atomic mass is 10.2. The molecule has 0 radical (unpaired) electrons. The number of aromatic carboxylic acids is 1. The molecule has 0 amide bonds. The fraction of sp³-hybridized carbons (Fsp3) is 0.364. The molecule has 0 aliphatic rings. The average Bonchev–Trinajstić information content (AvgIpc) is 2.14. The van der Waals surface area contributed by atoms with Crippen molar-refractivity contribution in [3.05, 3.63) is 29.8 Å². The number of carboxylic acids is 1. The Morgan fingerprint density at radius 1 is 1.40 bits per heavy atom. The van der Waals surface area contributed by atoms with Crippen molar-refractivity contribution in [2.24, 2.45) is 0 Å². The molecule has 15 heavy (non-hydrogen) atoms. The summed E-state index contributed by atoms with van der Waals surface area (Å²) in [4.78, 5) is 16.0. The van der Waals surface area contributed by atoms with Crippen LogP contribution in [0.5, 0.6) is 0 Å². The van der Waals surface area contributed by atoms with Gasteiger partial charge in [-0.2, -0.15) is 0 Å². The van der Waals surface area contributed by atoms with E-state index in [-0.39, 0.29) is 11.2 Å². The van der Waals surface area contributed by atoms with E-state index in [4.69, 9.17) is 9.94 Å². The highest BCUT2D eigenvalue weighted by atomic mass is 16.7. The topological polar surface area (TPSA) is 58.6 Å². The molecule has 82 valence electrons. The fourth-order valence-corrected chi connectivity index (χ4v) is 0.928. The van der Waals surface area contributed by atoms with Gasteiger partial charge in [-0.05, 0) is 39.0 Å². The first-order valence-electron chi connectivity index (χ1n) is 4.66. The largest absolute Gasteiger partial charge is 0.478 e. The Morgan fingerprint density at radius 3 is 2.60 bits per heavy atom. The van der Waals surface area contributed by atoms with Crippen molar-refractivity contribution < 1.29 is 14.7 Å². The molecule has 0 atom stereocenters. The highest BCUT2D eigenvalue weighted by molar-refractivity contribution is 5.88. The zero-order chi connectivity index (χ0) is 11.5. The molecule has 0 bridgehead atoms. The molecule has 2 N–H and O–H groups in total. The number of carboxylic acid groups (broad SMARTS) is 1. The molecule has 0 saturated heterocycles. The molecule has 0 aliphatic carbocycles. The van der Waals surface area contributed by atoms with Crippen molar-refractivity contribution >= 4 is 11.7 Å². The number of benzene rings is 1. The molecule has 0 saturated carbocycles. The van der Waals surface area contributed by atoms with Crippen LogP contribution in [0.25, 0.3) is 0 Å². The summed E-state index contributed by atoms with van der Waals surface area (Å²) in [6, 6.07) is 6.47. The fourth-order valence-electron chi connectivity index (χ4n) is 0.928. The number of hydrogen-bond acceptors (Lipinski definition) is 3. The van der Waals surface area contributed by atoms with Crippen LogP contribution in [0.4, 0.5) is 5.69 Å². The van der Waals surface area contributed by atoms with Crippen molar-refractivity contribution in [3.63, 3.8) is 0 Å². The Morgan fingerprint density at radius 2 is 2.07 bits per heavy atom. The lowest BCUT2D eigenvalue weighted by molar-refractivity contribution is 0.0375. The van der Waals surface area contributed by atoms with E-state index in [0.717, 1.165) is 0 Å². The average molecular weight is 209 g/mol. The number of rotatable bonds is 3. The third kappa shape index (κ3) is 3.99. The molecule has 0 unspecified atom stereocenters. The van der Waals surface area contributed by atoms with E-state index in [2.05, 4.69) is 5.48 Å². The molecule has 0 spiro atoms. The summed E-state index contributed by atoms with van der Waals surface area (Å²) in [6.45, 7) is 5.71. The Kier molecular flexibility index (Phi) is 3.31. The summed E-state index contributed by atoms with van der Waals surface area (Å²) in [5.41, 5.74) is 3.26. The van der Waals surface area contributed by atoms with Crippen LogP contribution in [0.3, 0.4) is 0 Å². The van der Waals surface area contributed by atoms with Gasteiger partial charge < -0.3 is 5.11 Å². The van der Waals surface area contributed by atoms with Gasteiger partial charge >= 0.3 is 5.97 Å². The van der Waals surface area contributed by atoms with Crippen molar-refractivity contribution in [1.82, 2.24) is 0 Å². The maximum atomic E-state index is 10.7. The highest BCUT2D eigenvalue weighted by Crippen LogP contribution is 2.14. The molecule has 1 rings (SSSR count). The third-order valence-electron chi connectivity index (χ3n) is 1.58. The van der Waals surface area contributed by atoms with Gasteiger partial charge in [0.25, 0.3) is 0 Å². The molecule has 0 fully saturated rings. The first-order valence-corrected chi connectivity index (χ1v) is 4.66. The number of anilines is 1. The van der Waals surface area contributed by atoms with Gasteiger partial charge in [-0.15, -0.1) is 0 Å². The summed E-state index contributed by atoms with van der Waals surface area (Å²) in [5.74, 6) is -0.950. The van der Waals surface area contributed by atoms with E-state index in [1.165, 1.54) is 12.1 Å². The summed E-state index contributed by atoms with van der Waals surface area (Å²) in [7, 11) is 0. The van der Waals surface area contributed by atoms with E-state index < -0.39 is 5.97 Å². The monoisotopic (exact) mass is 209 g/mol. The van der Waals surface area contributed by atoms with Gasteiger partial charge in [-0.25, -0.2) is 4.79 Å². The van der Waals surface area contributed by atoms with Gasteiger partial charge in [0.15, 0.2) is 0 Å². The lowest BCUT2D eigenvalue weighted by Gasteiger charge is -2.19. The minimum absolute atomic E-state index is 0.234. The predicted molar refractivity (Wildman–Crippen MR) is 57.9 cm³/mol. The Labute approximate surface area is 88.8 Å². The molecule has 0 aliphatic heterocycles. The van der Waals surface area contributed by atoms with Crippen LogP contribution in [0.15, 0.2) is 24.3 Å². The molecule has 4 heteroatoms. The van der Waals surface area contributed by atoms with Crippen LogP contribution >= 0.6 is 0 Å². The first-order chi connectivity index (χ1) is 6.88. The second kappa shape index (κ2) is 4.31. The maximum absolute atomic E-state index is 10.7. The molecule has 0 heterocycles. The second-order valence-electron chi connectivity index (χ2n) is 4.20. The van der Waals surface area contributed by atoms with Crippen LogP contribution in [-0.2, 0) is 4.84 Å². The molecular weight excluding hydrogens is 194 g/mol. The Balaban J connectivity index is 2.70. The summed E-state index contributed by atoms with van der Waals surface area (Å²) in [6.07, 6.45) is 0. The van der Waals surface area contributed by atoms with Crippen LogP contribution in [0, 0.1) is 0 Å². The zero-order valence-electron chi connectivity index (χ0n) is 9.07. The van der Waals surface area contributed by atoms with Gasteiger partial charge in [0.05, 0.1) is 16.9 Å². The van der Waals surface area contributed by atoms with E-state index in [1.54, 1.807) is 12.1 Å². The minimum atomic E-state index is -0.950. The second-order valence-corrected chi connectivity index (χ2v) is 4.20. The number of carbonyl (C=O) groups is 1. The predicted octanol–water partition coefficient (Wildman–Crippen LogP) is 2.53. The van der Waals surface area contributed by atoms with Crippen LogP contribution in [-0.4, -0.2) is 16.7 Å². The smallest absolute Gasteiger partial charge is 0.335 e. The van der Waals surface area contributed by atoms with Crippen molar-refractivity contribution in [2.45, 2.75) is 26.4 Å². The van der Waals surface area contributed by atoms with Gasteiger partial charge in [0.1, 0.15) is 0 Å². The van der Waals surface area contributed by atoms with E-state index in [1.807, 2.05) is 20.8 Å². The minimum Gasteiger partial charge on any atom is -0.478 e. The zero-order valence-corrected chi connectivity index (χ0v) is 9.07.